The fourth-order valence-corrected chi connectivity index (χ4v) is 2.26. The van der Waals surface area contributed by atoms with Crippen molar-refractivity contribution in [3.05, 3.63) is 11.8 Å². The van der Waals surface area contributed by atoms with Gasteiger partial charge in [-0.1, -0.05) is 26.8 Å². The third-order valence-corrected chi connectivity index (χ3v) is 3.72. The molecular formula is C13H23N3O. The first-order valence-electron chi connectivity index (χ1n) is 6.34. The Hall–Kier alpha value is -0.740. The SMILES string of the molecule is CC(C)(C)C1=CCC(C)(N2CC(CO)C2)N=N1. The van der Waals surface area contributed by atoms with Gasteiger partial charge in [-0.3, -0.25) is 4.90 Å². The molecule has 0 saturated carbocycles. The zero-order valence-electron chi connectivity index (χ0n) is 11.3. The van der Waals surface area contributed by atoms with Crippen molar-refractivity contribution in [2.75, 3.05) is 19.7 Å². The normalized spacial score (nSPS) is 31.2. The van der Waals surface area contributed by atoms with Gasteiger partial charge in [-0.2, -0.15) is 10.2 Å². The summed E-state index contributed by atoms with van der Waals surface area (Å²) < 4.78 is 0. The quantitative estimate of drug-likeness (QED) is 0.801. The van der Waals surface area contributed by atoms with Crippen molar-refractivity contribution < 1.29 is 5.11 Å². The van der Waals surface area contributed by atoms with Crippen molar-refractivity contribution in [3.8, 4) is 0 Å². The molecule has 2 heterocycles. The molecule has 1 N–H and O–H groups in total. The van der Waals surface area contributed by atoms with Gasteiger partial charge in [0.15, 0.2) is 0 Å². The van der Waals surface area contributed by atoms with E-state index in [2.05, 4.69) is 48.9 Å². The highest BCUT2D eigenvalue weighted by molar-refractivity contribution is 5.14. The first kappa shape index (κ1) is 12.7. The molecule has 0 aromatic carbocycles. The maximum atomic E-state index is 9.04. The first-order valence-corrected chi connectivity index (χ1v) is 6.34. The van der Waals surface area contributed by atoms with Gasteiger partial charge in [0.2, 0.25) is 0 Å². The lowest BCUT2D eigenvalue weighted by atomic mass is 9.88. The van der Waals surface area contributed by atoms with Crippen LogP contribution in [0.5, 0.6) is 0 Å². The predicted octanol–water partition coefficient (Wildman–Crippen LogP) is 2.41. The standard InChI is InChI=1S/C13H23N3O/c1-12(2,3)11-5-6-13(4,15-14-11)16-7-10(8-16)9-17/h5,10,17H,6-9H2,1-4H3. The topological polar surface area (TPSA) is 48.2 Å². The summed E-state index contributed by atoms with van der Waals surface area (Å²) in [6, 6.07) is 0. The minimum Gasteiger partial charge on any atom is -0.396 e. The molecule has 0 aromatic heterocycles. The van der Waals surface area contributed by atoms with Gasteiger partial charge >= 0.3 is 0 Å². The number of rotatable bonds is 2. The molecule has 2 aliphatic heterocycles. The lowest BCUT2D eigenvalue weighted by molar-refractivity contribution is -0.0272. The average Bonchev–Trinajstić information content (AvgIpc) is 2.14. The van der Waals surface area contributed by atoms with Crippen molar-refractivity contribution >= 4 is 0 Å². The number of hydrogen-bond donors (Lipinski definition) is 1. The molecule has 1 atom stereocenters. The Morgan fingerprint density at radius 1 is 1.47 bits per heavy atom. The molecule has 0 amide bonds. The molecule has 1 saturated heterocycles. The second kappa shape index (κ2) is 4.18. The highest BCUT2D eigenvalue weighted by Gasteiger charge is 2.41. The molecule has 2 aliphatic rings. The van der Waals surface area contributed by atoms with Crippen molar-refractivity contribution in [2.45, 2.75) is 39.8 Å². The summed E-state index contributed by atoms with van der Waals surface area (Å²) in [5.41, 5.74) is 0.961. The van der Waals surface area contributed by atoms with Crippen LogP contribution < -0.4 is 0 Å². The minimum absolute atomic E-state index is 0.0768. The van der Waals surface area contributed by atoms with Crippen molar-refractivity contribution in [1.29, 1.82) is 0 Å². The highest BCUT2D eigenvalue weighted by Crippen LogP contribution is 2.37. The van der Waals surface area contributed by atoms with Crippen LogP contribution in [0.15, 0.2) is 22.0 Å². The van der Waals surface area contributed by atoms with Gasteiger partial charge in [-0.05, 0) is 6.92 Å². The van der Waals surface area contributed by atoms with Crippen LogP contribution in [-0.4, -0.2) is 35.4 Å². The molecule has 2 rings (SSSR count). The van der Waals surface area contributed by atoms with Gasteiger partial charge in [0.25, 0.3) is 0 Å². The largest absolute Gasteiger partial charge is 0.396 e. The van der Waals surface area contributed by atoms with Gasteiger partial charge in [-0.25, -0.2) is 0 Å². The fourth-order valence-electron chi connectivity index (χ4n) is 2.26. The predicted molar refractivity (Wildman–Crippen MR) is 67.6 cm³/mol. The number of azo groups is 1. The number of hydrogen-bond acceptors (Lipinski definition) is 4. The number of aliphatic hydroxyl groups excluding tert-OH is 1. The van der Waals surface area contributed by atoms with E-state index in [1.807, 2.05) is 0 Å². The van der Waals surface area contributed by atoms with E-state index in [4.69, 9.17) is 5.11 Å². The van der Waals surface area contributed by atoms with Gasteiger partial charge in [0, 0.05) is 37.5 Å². The number of allylic oxidation sites excluding steroid dienone is 1. The lowest BCUT2D eigenvalue weighted by Crippen LogP contribution is -2.58. The Morgan fingerprint density at radius 2 is 2.12 bits per heavy atom. The molecular weight excluding hydrogens is 214 g/mol. The summed E-state index contributed by atoms with van der Waals surface area (Å²) in [5.74, 6) is 0.426. The molecule has 0 aromatic rings. The van der Waals surface area contributed by atoms with Crippen LogP contribution in [0.25, 0.3) is 0 Å². The Labute approximate surface area is 103 Å². The molecule has 17 heavy (non-hydrogen) atoms. The number of aliphatic hydroxyl groups is 1. The minimum atomic E-state index is -0.194. The van der Waals surface area contributed by atoms with Crippen LogP contribution in [0.3, 0.4) is 0 Å². The maximum Gasteiger partial charge on any atom is 0.135 e. The monoisotopic (exact) mass is 237 g/mol. The molecule has 4 heteroatoms. The third-order valence-electron chi connectivity index (χ3n) is 3.72. The third kappa shape index (κ3) is 2.43. The van der Waals surface area contributed by atoms with E-state index in [0.717, 1.165) is 25.2 Å². The van der Waals surface area contributed by atoms with Gasteiger partial charge in [0.1, 0.15) is 5.66 Å². The summed E-state index contributed by atoms with van der Waals surface area (Å²) in [7, 11) is 0. The van der Waals surface area contributed by atoms with Crippen LogP contribution in [0, 0.1) is 11.3 Å². The molecule has 0 radical (unpaired) electrons. The smallest absolute Gasteiger partial charge is 0.135 e. The zero-order chi connectivity index (χ0) is 12.7. The Morgan fingerprint density at radius 3 is 2.53 bits per heavy atom. The van der Waals surface area contributed by atoms with Crippen molar-refractivity contribution in [3.63, 3.8) is 0 Å². The zero-order valence-corrected chi connectivity index (χ0v) is 11.3. The number of likely N-dealkylation sites (tertiary alicyclic amines) is 1. The molecule has 0 bridgehead atoms. The van der Waals surface area contributed by atoms with Gasteiger partial charge in [-0.15, -0.1) is 0 Å². The summed E-state index contributed by atoms with van der Waals surface area (Å²) >= 11 is 0. The van der Waals surface area contributed by atoms with Crippen LogP contribution in [-0.2, 0) is 0 Å². The molecule has 96 valence electrons. The van der Waals surface area contributed by atoms with Crippen LogP contribution in [0.4, 0.5) is 0 Å². The van der Waals surface area contributed by atoms with E-state index < -0.39 is 0 Å². The Balaban J connectivity index is 1.99. The molecule has 4 nitrogen and oxygen atoms in total. The van der Waals surface area contributed by atoms with E-state index in [-0.39, 0.29) is 17.7 Å². The highest BCUT2D eigenvalue weighted by atomic mass is 16.3. The van der Waals surface area contributed by atoms with Crippen molar-refractivity contribution in [1.82, 2.24) is 4.90 Å². The van der Waals surface area contributed by atoms with E-state index >= 15 is 0 Å². The summed E-state index contributed by atoms with van der Waals surface area (Å²) in [6.07, 6.45) is 3.13. The first-order chi connectivity index (χ1) is 7.85. The maximum absolute atomic E-state index is 9.04. The summed E-state index contributed by atoms with van der Waals surface area (Å²) in [5, 5.41) is 17.9. The molecule has 1 unspecified atom stereocenters. The van der Waals surface area contributed by atoms with E-state index in [0.29, 0.717) is 5.92 Å². The van der Waals surface area contributed by atoms with E-state index in [1.54, 1.807) is 0 Å². The summed E-state index contributed by atoms with van der Waals surface area (Å²) in [4.78, 5) is 2.30. The fraction of sp³-hybridized carbons (Fsp3) is 0.846. The van der Waals surface area contributed by atoms with Crippen LogP contribution in [0.1, 0.15) is 34.1 Å². The second-order valence-electron chi connectivity index (χ2n) is 6.41. The second-order valence-corrected chi connectivity index (χ2v) is 6.41. The molecule has 0 spiro atoms. The molecule has 0 aliphatic carbocycles. The van der Waals surface area contributed by atoms with Gasteiger partial charge in [0.05, 0.1) is 5.70 Å². The lowest BCUT2D eigenvalue weighted by Gasteiger charge is -2.48. The van der Waals surface area contributed by atoms with Crippen LogP contribution in [0.2, 0.25) is 0 Å². The molecule has 1 fully saturated rings. The van der Waals surface area contributed by atoms with Crippen LogP contribution >= 0.6 is 0 Å². The number of nitrogens with zero attached hydrogens (tertiary/aromatic N) is 3. The average molecular weight is 237 g/mol. The van der Waals surface area contributed by atoms with Crippen molar-refractivity contribution in [2.24, 2.45) is 21.6 Å². The van der Waals surface area contributed by atoms with Gasteiger partial charge < -0.3 is 5.11 Å². The van der Waals surface area contributed by atoms with E-state index in [1.165, 1.54) is 0 Å². The summed E-state index contributed by atoms with van der Waals surface area (Å²) in [6.45, 7) is 10.8. The Bertz CT molecular complexity index is 350. The van der Waals surface area contributed by atoms with E-state index in [9.17, 15) is 0 Å². The Kier molecular flexibility index (Phi) is 3.12.